The van der Waals surface area contributed by atoms with Crippen molar-refractivity contribution >= 4 is 57.6 Å². The van der Waals surface area contributed by atoms with Gasteiger partial charge in [-0.2, -0.15) is 0 Å². The fourth-order valence-electron chi connectivity index (χ4n) is 1.76. The zero-order valence-corrected chi connectivity index (χ0v) is 15.6. The first kappa shape index (κ1) is 16.1. The Balaban J connectivity index is 1.70. The van der Waals surface area contributed by atoms with Crippen molar-refractivity contribution in [1.82, 2.24) is 10.2 Å². The molecule has 0 radical (unpaired) electrons. The molecule has 0 aliphatic carbocycles. The third-order valence-corrected chi connectivity index (χ3v) is 5.04. The van der Waals surface area contributed by atoms with Gasteiger partial charge in [-0.1, -0.05) is 41.0 Å². The van der Waals surface area contributed by atoms with Crippen LogP contribution in [-0.2, 0) is 5.75 Å². The van der Waals surface area contributed by atoms with Crippen molar-refractivity contribution in [2.75, 3.05) is 0 Å². The highest BCUT2D eigenvalue weighted by Crippen LogP contribution is 2.29. The summed E-state index contributed by atoms with van der Waals surface area (Å²) in [5.41, 5.74) is 1.88. The molecule has 0 bridgehead atoms. The molecule has 1 aromatic heterocycles. The van der Waals surface area contributed by atoms with Crippen molar-refractivity contribution in [2.24, 2.45) is 0 Å². The maximum Gasteiger partial charge on any atom is 0.277 e. The van der Waals surface area contributed by atoms with Crippen LogP contribution in [0.25, 0.3) is 11.5 Å². The fraction of sp³-hybridized carbons (Fsp3) is 0.0667. The molecule has 0 unspecified atom stereocenters. The highest BCUT2D eigenvalue weighted by Gasteiger charge is 2.10. The van der Waals surface area contributed by atoms with Crippen LogP contribution >= 0.6 is 57.6 Å². The largest absolute Gasteiger partial charge is 0.411 e. The van der Waals surface area contributed by atoms with Crippen LogP contribution in [0.3, 0.4) is 0 Å². The molecule has 0 N–H and O–H groups in total. The number of benzene rings is 2. The SMILES string of the molecule is Clc1ccc(CSc2nnc(-c3ccc(I)cc3)o2)c(Cl)c1. The first-order valence-corrected chi connectivity index (χ1v) is 9.10. The predicted molar refractivity (Wildman–Crippen MR) is 98.5 cm³/mol. The van der Waals surface area contributed by atoms with Gasteiger partial charge in [0.15, 0.2) is 0 Å². The molecule has 0 aliphatic heterocycles. The van der Waals surface area contributed by atoms with Crippen molar-refractivity contribution in [1.29, 1.82) is 0 Å². The van der Waals surface area contributed by atoms with Crippen LogP contribution in [0.4, 0.5) is 0 Å². The molecule has 112 valence electrons. The van der Waals surface area contributed by atoms with Crippen molar-refractivity contribution in [2.45, 2.75) is 11.0 Å². The monoisotopic (exact) mass is 462 g/mol. The van der Waals surface area contributed by atoms with Crippen LogP contribution < -0.4 is 0 Å². The Labute approximate surface area is 155 Å². The first-order valence-electron chi connectivity index (χ1n) is 6.28. The third-order valence-electron chi connectivity index (χ3n) is 2.86. The third kappa shape index (κ3) is 3.95. The number of halogens is 3. The summed E-state index contributed by atoms with van der Waals surface area (Å²) in [6, 6.07) is 13.4. The zero-order chi connectivity index (χ0) is 15.5. The van der Waals surface area contributed by atoms with Gasteiger partial charge in [0, 0.05) is 24.9 Å². The maximum atomic E-state index is 6.15. The normalized spacial score (nSPS) is 10.9. The second kappa shape index (κ2) is 7.21. The molecule has 0 fully saturated rings. The lowest BCUT2D eigenvalue weighted by atomic mass is 10.2. The summed E-state index contributed by atoms with van der Waals surface area (Å²) in [6.45, 7) is 0. The summed E-state index contributed by atoms with van der Waals surface area (Å²) in [5, 5.41) is 9.90. The summed E-state index contributed by atoms with van der Waals surface area (Å²) in [6.07, 6.45) is 0. The van der Waals surface area contributed by atoms with Gasteiger partial charge < -0.3 is 4.42 Å². The van der Waals surface area contributed by atoms with E-state index in [2.05, 4.69) is 32.8 Å². The van der Waals surface area contributed by atoms with Crippen molar-refractivity contribution in [3.05, 3.63) is 61.6 Å². The summed E-state index contributed by atoms with van der Waals surface area (Å²) >= 11 is 15.7. The summed E-state index contributed by atoms with van der Waals surface area (Å²) in [7, 11) is 0. The molecule has 3 nitrogen and oxygen atoms in total. The topological polar surface area (TPSA) is 38.9 Å². The van der Waals surface area contributed by atoms with E-state index in [4.69, 9.17) is 27.6 Å². The number of rotatable bonds is 4. The Morgan fingerprint density at radius 3 is 2.55 bits per heavy atom. The summed E-state index contributed by atoms with van der Waals surface area (Å²) < 4.78 is 6.82. The molecule has 0 aliphatic rings. The van der Waals surface area contributed by atoms with E-state index in [-0.39, 0.29) is 0 Å². The quantitative estimate of drug-likeness (QED) is 0.355. The Morgan fingerprint density at radius 1 is 1.05 bits per heavy atom. The molecule has 0 atom stereocenters. The van der Waals surface area contributed by atoms with Crippen LogP contribution in [0.1, 0.15) is 5.56 Å². The van der Waals surface area contributed by atoms with E-state index < -0.39 is 0 Å². The average Bonchev–Trinajstić information content (AvgIpc) is 2.96. The predicted octanol–water partition coefficient (Wildman–Crippen LogP) is 5.94. The van der Waals surface area contributed by atoms with Gasteiger partial charge in [-0.05, 0) is 64.6 Å². The van der Waals surface area contributed by atoms with Gasteiger partial charge in [0.05, 0.1) is 0 Å². The standard InChI is InChI=1S/C15H9Cl2IN2OS/c16-11-4-1-10(13(17)7-11)8-22-15-20-19-14(21-15)9-2-5-12(18)6-3-9/h1-7H,8H2. The lowest BCUT2D eigenvalue weighted by molar-refractivity contribution is 0.466. The van der Waals surface area contributed by atoms with E-state index in [1.807, 2.05) is 36.4 Å². The average molecular weight is 463 g/mol. The number of nitrogens with zero attached hydrogens (tertiary/aromatic N) is 2. The van der Waals surface area contributed by atoms with Gasteiger partial charge in [-0.25, -0.2) is 0 Å². The number of thioether (sulfide) groups is 1. The molecule has 0 saturated heterocycles. The summed E-state index contributed by atoms with van der Waals surface area (Å²) in [5.74, 6) is 1.16. The van der Waals surface area contributed by atoms with Gasteiger partial charge in [-0.3, -0.25) is 0 Å². The molecule has 3 aromatic rings. The minimum Gasteiger partial charge on any atom is -0.411 e. The molecule has 1 heterocycles. The van der Waals surface area contributed by atoms with Gasteiger partial charge in [0.1, 0.15) is 0 Å². The Hall–Kier alpha value is -0.760. The van der Waals surface area contributed by atoms with Crippen LogP contribution in [0, 0.1) is 3.57 Å². The minimum atomic E-state index is 0.513. The molecule has 2 aromatic carbocycles. The lowest BCUT2D eigenvalue weighted by Crippen LogP contribution is -1.82. The van der Waals surface area contributed by atoms with E-state index >= 15 is 0 Å². The second-order valence-electron chi connectivity index (χ2n) is 4.40. The van der Waals surface area contributed by atoms with Crippen LogP contribution in [-0.4, -0.2) is 10.2 Å². The molecule has 7 heteroatoms. The molecule has 0 saturated carbocycles. The van der Waals surface area contributed by atoms with Crippen LogP contribution in [0.5, 0.6) is 0 Å². The van der Waals surface area contributed by atoms with E-state index in [9.17, 15) is 0 Å². The van der Waals surface area contributed by atoms with Crippen LogP contribution in [0.15, 0.2) is 52.1 Å². The van der Waals surface area contributed by atoms with E-state index in [1.54, 1.807) is 6.07 Å². The van der Waals surface area contributed by atoms with Gasteiger partial charge >= 0.3 is 0 Å². The molecular formula is C15H9Cl2IN2OS. The smallest absolute Gasteiger partial charge is 0.277 e. The molecule has 3 rings (SSSR count). The Kier molecular flexibility index (Phi) is 5.28. The summed E-state index contributed by atoms with van der Waals surface area (Å²) in [4.78, 5) is 0. The Bertz CT molecular complexity index is 792. The fourth-order valence-corrected chi connectivity index (χ4v) is 3.44. The zero-order valence-electron chi connectivity index (χ0n) is 11.1. The first-order chi connectivity index (χ1) is 10.6. The maximum absolute atomic E-state index is 6.15. The molecule has 22 heavy (non-hydrogen) atoms. The molecule has 0 amide bonds. The van der Waals surface area contributed by atoms with Crippen molar-refractivity contribution < 1.29 is 4.42 Å². The van der Waals surface area contributed by atoms with E-state index in [1.165, 1.54) is 11.8 Å². The van der Waals surface area contributed by atoms with Crippen molar-refractivity contribution in [3.63, 3.8) is 0 Å². The number of aromatic nitrogens is 2. The van der Waals surface area contributed by atoms with Crippen LogP contribution in [0.2, 0.25) is 10.0 Å². The number of hydrogen-bond acceptors (Lipinski definition) is 4. The van der Waals surface area contributed by atoms with Gasteiger partial charge in [0.2, 0.25) is 5.89 Å². The second-order valence-corrected chi connectivity index (χ2v) is 7.42. The molecular weight excluding hydrogens is 454 g/mol. The highest BCUT2D eigenvalue weighted by molar-refractivity contribution is 14.1. The van der Waals surface area contributed by atoms with Gasteiger partial charge in [-0.15, -0.1) is 10.2 Å². The number of hydrogen-bond donors (Lipinski definition) is 0. The minimum absolute atomic E-state index is 0.513. The highest BCUT2D eigenvalue weighted by atomic mass is 127. The van der Waals surface area contributed by atoms with Gasteiger partial charge in [0.25, 0.3) is 5.22 Å². The van der Waals surface area contributed by atoms with Crippen molar-refractivity contribution in [3.8, 4) is 11.5 Å². The van der Waals surface area contributed by atoms with E-state index in [0.29, 0.717) is 26.9 Å². The van der Waals surface area contributed by atoms with E-state index in [0.717, 1.165) is 14.7 Å². The lowest BCUT2D eigenvalue weighted by Gasteiger charge is -2.02. The Morgan fingerprint density at radius 2 is 1.82 bits per heavy atom. The molecule has 0 spiro atoms.